The molecule has 0 saturated heterocycles. The highest BCUT2D eigenvalue weighted by Gasteiger charge is 2.63. The molecule has 4 unspecified atom stereocenters. The minimum atomic E-state index is 0.0111. The molecule has 4 heterocycles. The number of benzene rings is 3. The van der Waals surface area contributed by atoms with Gasteiger partial charge in [0.25, 0.3) is 0 Å². The Bertz CT molecular complexity index is 1210. The van der Waals surface area contributed by atoms with Gasteiger partial charge in [0.2, 0.25) is 0 Å². The zero-order chi connectivity index (χ0) is 20.4. The van der Waals surface area contributed by atoms with E-state index < -0.39 is 0 Å². The number of para-hydroxylation sites is 4. The second kappa shape index (κ2) is 5.12. The van der Waals surface area contributed by atoms with Crippen molar-refractivity contribution >= 4 is 34.1 Å². The third-order valence-electron chi connectivity index (χ3n) is 8.32. The second-order valence-electron chi connectivity index (χ2n) is 9.47. The fourth-order valence-electron chi connectivity index (χ4n) is 6.97. The van der Waals surface area contributed by atoms with Crippen LogP contribution >= 0.6 is 0 Å². The zero-order valence-corrected chi connectivity index (χ0v) is 17.9. The number of anilines is 6. The molecule has 0 aromatic heterocycles. The Morgan fingerprint density at radius 3 is 1.80 bits per heavy atom. The van der Waals surface area contributed by atoms with Crippen LogP contribution in [0.25, 0.3) is 0 Å². The molecule has 0 spiro atoms. The van der Waals surface area contributed by atoms with Crippen molar-refractivity contribution in [2.75, 3.05) is 33.7 Å². The molecular formula is C26H26N4. The summed E-state index contributed by atoms with van der Waals surface area (Å²) >= 11 is 0. The smallest absolute Gasteiger partial charge is 0.116 e. The van der Waals surface area contributed by atoms with E-state index in [1.165, 1.54) is 39.7 Å². The molecule has 0 bridgehead atoms. The lowest BCUT2D eigenvalue weighted by Gasteiger charge is -2.51. The van der Waals surface area contributed by atoms with Crippen LogP contribution in [0, 0.1) is 5.92 Å². The molecule has 0 N–H and O–H groups in total. The number of nitrogens with zero attached hydrogens (tertiary/aromatic N) is 4. The molecule has 3 aromatic rings. The molecule has 4 nitrogen and oxygen atoms in total. The van der Waals surface area contributed by atoms with Gasteiger partial charge in [-0.25, -0.2) is 0 Å². The molecule has 0 fully saturated rings. The van der Waals surface area contributed by atoms with Gasteiger partial charge in [-0.3, -0.25) is 0 Å². The number of fused-ring (bicyclic) bond motifs is 9. The van der Waals surface area contributed by atoms with Crippen LogP contribution in [0.3, 0.4) is 0 Å². The summed E-state index contributed by atoms with van der Waals surface area (Å²) in [5.41, 5.74) is 9.57. The third-order valence-corrected chi connectivity index (χ3v) is 8.32. The SMILES string of the molecule is CC1C2N(C)c3ccccc3N2c2cccc3c2C1(C)C1N(C)c2ccccc2N31. The Morgan fingerprint density at radius 2 is 1.13 bits per heavy atom. The van der Waals surface area contributed by atoms with E-state index in [9.17, 15) is 0 Å². The summed E-state index contributed by atoms with van der Waals surface area (Å²) in [6.45, 7) is 4.96. The number of hydrogen-bond acceptors (Lipinski definition) is 4. The summed E-state index contributed by atoms with van der Waals surface area (Å²) in [6.07, 6.45) is 0.604. The lowest BCUT2D eigenvalue weighted by molar-refractivity contribution is 0.229. The standard InChI is InChI=1S/C26H26N4/c1-16-24-27(3)17-10-5-7-12-19(17)29(24)21-14-9-15-22-23(21)26(16,2)25-28(4)18-11-6-8-13-20(18)30(22)25/h5-16,24-25H,1-4H3. The molecule has 30 heavy (non-hydrogen) atoms. The summed E-state index contributed by atoms with van der Waals surface area (Å²) in [6, 6.07) is 24.6. The van der Waals surface area contributed by atoms with Crippen molar-refractivity contribution in [3.8, 4) is 0 Å². The Balaban J connectivity index is 1.55. The predicted octanol–water partition coefficient (Wildman–Crippen LogP) is 5.44. The van der Waals surface area contributed by atoms with Crippen LogP contribution in [0.4, 0.5) is 34.1 Å². The molecule has 0 aliphatic carbocycles. The van der Waals surface area contributed by atoms with Crippen molar-refractivity contribution in [1.82, 2.24) is 0 Å². The Morgan fingerprint density at radius 1 is 0.633 bits per heavy atom. The normalized spacial score (nSPS) is 29.5. The minimum absolute atomic E-state index is 0.0111. The Kier molecular flexibility index (Phi) is 2.84. The van der Waals surface area contributed by atoms with E-state index in [2.05, 4.69) is 114 Å². The summed E-state index contributed by atoms with van der Waals surface area (Å²) in [7, 11) is 4.53. The number of rotatable bonds is 0. The predicted molar refractivity (Wildman–Crippen MR) is 125 cm³/mol. The Labute approximate surface area is 177 Å². The van der Waals surface area contributed by atoms with Gasteiger partial charge in [-0.15, -0.1) is 0 Å². The molecule has 4 aliphatic heterocycles. The Hall–Kier alpha value is -3.14. The molecule has 4 aliphatic rings. The van der Waals surface area contributed by atoms with E-state index in [-0.39, 0.29) is 5.41 Å². The molecule has 4 atom stereocenters. The minimum Gasteiger partial charge on any atom is -0.352 e. The second-order valence-corrected chi connectivity index (χ2v) is 9.47. The van der Waals surface area contributed by atoms with Gasteiger partial charge in [-0.2, -0.15) is 0 Å². The molecule has 150 valence electrons. The van der Waals surface area contributed by atoms with Crippen molar-refractivity contribution in [2.24, 2.45) is 5.92 Å². The van der Waals surface area contributed by atoms with Gasteiger partial charge in [0.15, 0.2) is 0 Å². The first-order valence-electron chi connectivity index (χ1n) is 10.9. The molecular weight excluding hydrogens is 368 g/mol. The van der Waals surface area contributed by atoms with E-state index >= 15 is 0 Å². The summed E-state index contributed by atoms with van der Waals surface area (Å²) in [5.74, 6) is 0.440. The van der Waals surface area contributed by atoms with Crippen LogP contribution in [0.5, 0.6) is 0 Å². The maximum absolute atomic E-state index is 2.60. The molecule has 4 heteroatoms. The van der Waals surface area contributed by atoms with Gasteiger partial charge in [0.05, 0.1) is 22.7 Å². The quantitative estimate of drug-likeness (QED) is 0.504. The average molecular weight is 395 g/mol. The number of likely N-dealkylation sites (N-methyl/N-ethyl adjacent to an activating group) is 1. The van der Waals surface area contributed by atoms with Gasteiger partial charge >= 0.3 is 0 Å². The summed E-state index contributed by atoms with van der Waals surface area (Å²) in [5, 5.41) is 0. The maximum atomic E-state index is 2.60. The molecule has 7 rings (SSSR count). The van der Waals surface area contributed by atoms with E-state index in [0.717, 1.165) is 0 Å². The first-order chi connectivity index (χ1) is 14.5. The van der Waals surface area contributed by atoms with E-state index in [0.29, 0.717) is 18.2 Å². The van der Waals surface area contributed by atoms with Gasteiger partial charge in [-0.05, 0) is 36.4 Å². The first-order valence-corrected chi connectivity index (χ1v) is 10.9. The van der Waals surface area contributed by atoms with Crippen LogP contribution < -0.4 is 19.6 Å². The third kappa shape index (κ3) is 1.57. The molecule has 0 amide bonds. The van der Waals surface area contributed by atoms with Crippen molar-refractivity contribution < 1.29 is 0 Å². The van der Waals surface area contributed by atoms with Crippen LogP contribution in [-0.2, 0) is 5.41 Å². The van der Waals surface area contributed by atoms with Crippen LogP contribution in [0.15, 0.2) is 66.7 Å². The highest BCUT2D eigenvalue weighted by atomic mass is 15.5. The van der Waals surface area contributed by atoms with Gasteiger partial charge < -0.3 is 19.6 Å². The molecule has 0 saturated carbocycles. The fourth-order valence-corrected chi connectivity index (χ4v) is 6.97. The zero-order valence-electron chi connectivity index (χ0n) is 17.9. The van der Waals surface area contributed by atoms with Gasteiger partial charge in [0, 0.05) is 42.4 Å². The monoisotopic (exact) mass is 394 g/mol. The number of hydrogen-bond donors (Lipinski definition) is 0. The fraction of sp³-hybridized carbons (Fsp3) is 0.308. The first kappa shape index (κ1) is 16.6. The molecule has 3 aromatic carbocycles. The van der Waals surface area contributed by atoms with Crippen LogP contribution in [0.1, 0.15) is 19.4 Å². The van der Waals surface area contributed by atoms with Gasteiger partial charge in [0.1, 0.15) is 12.3 Å². The highest BCUT2D eigenvalue weighted by molar-refractivity contribution is 5.95. The van der Waals surface area contributed by atoms with Crippen LogP contribution in [0.2, 0.25) is 0 Å². The van der Waals surface area contributed by atoms with E-state index in [1.807, 2.05) is 0 Å². The molecule has 0 radical (unpaired) electrons. The summed E-state index contributed by atoms with van der Waals surface area (Å²) in [4.78, 5) is 10.2. The average Bonchev–Trinajstić information content (AvgIpc) is 3.35. The lowest BCUT2D eigenvalue weighted by atomic mass is 9.67. The highest BCUT2D eigenvalue weighted by Crippen LogP contribution is 2.66. The van der Waals surface area contributed by atoms with Gasteiger partial charge in [-0.1, -0.05) is 44.2 Å². The van der Waals surface area contributed by atoms with Crippen molar-refractivity contribution in [1.29, 1.82) is 0 Å². The van der Waals surface area contributed by atoms with Crippen molar-refractivity contribution in [3.63, 3.8) is 0 Å². The summed E-state index contributed by atoms with van der Waals surface area (Å²) < 4.78 is 0. The van der Waals surface area contributed by atoms with E-state index in [4.69, 9.17) is 0 Å². The van der Waals surface area contributed by atoms with Crippen molar-refractivity contribution in [3.05, 3.63) is 72.3 Å². The van der Waals surface area contributed by atoms with E-state index in [1.54, 1.807) is 0 Å². The van der Waals surface area contributed by atoms with Crippen LogP contribution in [-0.4, -0.2) is 26.4 Å². The topological polar surface area (TPSA) is 13.0 Å². The largest absolute Gasteiger partial charge is 0.352 e. The lowest BCUT2D eigenvalue weighted by Crippen LogP contribution is -2.61. The van der Waals surface area contributed by atoms with Crippen molar-refractivity contribution in [2.45, 2.75) is 31.6 Å². The maximum Gasteiger partial charge on any atom is 0.116 e.